The van der Waals surface area contributed by atoms with Crippen molar-refractivity contribution >= 4 is 76.9 Å². The van der Waals surface area contributed by atoms with Crippen LogP contribution < -0.4 is 15.0 Å². The SMILES string of the molecule is COc1ccc2[nH]cc(-c3cnc(N(C)[C@@H]4C[C@H]5O[C@@](C)([C@@H]4OC)n4c6ccccc6c6c7c(c8c9ccccc9n5c8c64)C(=O)NC7)s3)c2c1. The first kappa shape index (κ1) is 29.4. The van der Waals surface area contributed by atoms with Crippen molar-refractivity contribution in [3.63, 3.8) is 0 Å². The molecule has 3 aliphatic heterocycles. The van der Waals surface area contributed by atoms with Gasteiger partial charge in [0.05, 0.1) is 45.7 Å². The van der Waals surface area contributed by atoms with Crippen molar-refractivity contribution < 1.29 is 19.0 Å². The minimum absolute atomic E-state index is 0.0217. The summed E-state index contributed by atoms with van der Waals surface area (Å²) in [7, 11) is 5.60. The van der Waals surface area contributed by atoms with Gasteiger partial charge in [-0.05, 0) is 42.8 Å². The number of anilines is 1. The molecule has 11 rings (SSSR count). The molecule has 4 aromatic heterocycles. The summed E-state index contributed by atoms with van der Waals surface area (Å²) in [6.07, 6.45) is 3.93. The summed E-state index contributed by atoms with van der Waals surface area (Å²) in [5.74, 6) is 0.794. The van der Waals surface area contributed by atoms with E-state index >= 15 is 0 Å². The molecule has 4 atom stereocenters. The maximum atomic E-state index is 13.7. The van der Waals surface area contributed by atoms with Crippen molar-refractivity contribution in [3.05, 3.63) is 90.3 Å². The van der Waals surface area contributed by atoms with E-state index in [1.54, 1.807) is 25.6 Å². The Hall–Kier alpha value is -5.36. The summed E-state index contributed by atoms with van der Waals surface area (Å²) >= 11 is 1.66. The summed E-state index contributed by atoms with van der Waals surface area (Å²) in [4.78, 5) is 25.5. The zero-order valence-electron chi connectivity index (χ0n) is 28.5. The zero-order valence-corrected chi connectivity index (χ0v) is 29.3. The van der Waals surface area contributed by atoms with Gasteiger partial charge in [-0.1, -0.05) is 47.7 Å². The van der Waals surface area contributed by atoms with Gasteiger partial charge in [-0.25, -0.2) is 4.98 Å². The van der Waals surface area contributed by atoms with E-state index in [1.807, 2.05) is 24.5 Å². The fourth-order valence-corrected chi connectivity index (χ4v) is 10.5. The fraction of sp³-hybridized carbons (Fsp3) is 0.250. The predicted octanol–water partition coefficient (Wildman–Crippen LogP) is 7.88. The lowest BCUT2D eigenvalue weighted by Crippen LogP contribution is -2.60. The first-order valence-electron chi connectivity index (χ1n) is 17.2. The summed E-state index contributed by atoms with van der Waals surface area (Å²) in [6, 6.07) is 22.9. The Bertz CT molecular complexity index is 2790. The predicted molar refractivity (Wildman–Crippen MR) is 201 cm³/mol. The molecule has 0 saturated carbocycles. The number of hydrogen-bond acceptors (Lipinski definition) is 7. The number of hydrogen-bond donors (Lipinski definition) is 2. The molecule has 1 saturated heterocycles. The Morgan fingerprint density at radius 2 is 1.78 bits per heavy atom. The maximum absolute atomic E-state index is 13.7. The number of carbonyl (C=O) groups is 1. The summed E-state index contributed by atoms with van der Waals surface area (Å²) < 4.78 is 24.2. The van der Waals surface area contributed by atoms with Gasteiger partial charge >= 0.3 is 0 Å². The van der Waals surface area contributed by atoms with Crippen LogP contribution in [0.2, 0.25) is 0 Å². The normalized spacial score (nSPS) is 22.4. The number of likely N-dealkylation sites (N-methyl/N-ethyl adjacent to an activating group) is 1. The number of aromatic nitrogens is 4. The molecular formula is C40H34N6O4S. The van der Waals surface area contributed by atoms with Gasteiger partial charge in [0.2, 0.25) is 0 Å². The van der Waals surface area contributed by atoms with Crippen molar-refractivity contribution in [1.82, 2.24) is 24.4 Å². The number of rotatable bonds is 5. The average molecular weight is 695 g/mol. The van der Waals surface area contributed by atoms with Gasteiger partial charge in [0.25, 0.3) is 5.91 Å². The highest BCUT2D eigenvalue weighted by atomic mass is 32.1. The molecule has 0 radical (unpaired) electrons. The second-order valence-electron chi connectivity index (χ2n) is 14.0. The van der Waals surface area contributed by atoms with Crippen LogP contribution in [0.5, 0.6) is 5.75 Å². The van der Waals surface area contributed by atoms with Crippen LogP contribution in [-0.4, -0.2) is 58.4 Å². The van der Waals surface area contributed by atoms with E-state index in [1.165, 1.54) is 0 Å². The van der Waals surface area contributed by atoms with Crippen LogP contribution in [0.4, 0.5) is 5.13 Å². The number of fused-ring (bicyclic) bond motifs is 14. The molecule has 7 heterocycles. The quantitative estimate of drug-likeness (QED) is 0.190. The molecule has 254 valence electrons. The highest BCUT2D eigenvalue weighted by Crippen LogP contribution is 2.54. The molecule has 11 heteroatoms. The number of nitrogens with one attached hydrogen (secondary N) is 2. The number of para-hydroxylation sites is 2. The summed E-state index contributed by atoms with van der Waals surface area (Å²) in [5.41, 5.74) is 7.28. The Labute approximate surface area is 296 Å². The zero-order chi connectivity index (χ0) is 34.3. The molecule has 8 aromatic rings. The number of methoxy groups -OCH3 is 2. The molecule has 1 fully saturated rings. The topological polar surface area (TPSA) is 98.6 Å². The maximum Gasteiger partial charge on any atom is 0.252 e. The second kappa shape index (κ2) is 10.1. The molecule has 0 unspecified atom stereocenters. The van der Waals surface area contributed by atoms with Crippen molar-refractivity contribution in [2.24, 2.45) is 0 Å². The van der Waals surface area contributed by atoms with Gasteiger partial charge < -0.3 is 38.5 Å². The van der Waals surface area contributed by atoms with E-state index in [4.69, 9.17) is 19.2 Å². The molecule has 3 aliphatic rings. The number of H-pyrrole nitrogens is 1. The number of thiazole rings is 1. The standard InChI is InChI=1S/C40H34N6O4S/c1-40-37(49-4)29(44(2)39-43-19-30(51-39)24-17-41-26-14-13-20(48-3)15-23(24)26)16-31(50-40)45-27-11-7-5-9-21(27)33-34-25(18-42-38(34)47)32-22-10-6-8-12-28(22)46(40)36(32)35(33)45/h5-15,17,19,29,31,37,41H,16,18H2,1-4H3,(H,42,47)/t29-,31-,37-,40+/m1/s1. The van der Waals surface area contributed by atoms with Crippen LogP contribution >= 0.6 is 11.3 Å². The minimum atomic E-state index is -0.914. The Kier molecular flexibility index (Phi) is 5.83. The number of aromatic amines is 1. The highest BCUT2D eigenvalue weighted by Gasteiger charge is 2.54. The van der Waals surface area contributed by atoms with Gasteiger partial charge in [-0.3, -0.25) is 4.79 Å². The molecule has 2 N–H and O–H groups in total. The highest BCUT2D eigenvalue weighted by molar-refractivity contribution is 7.19. The molecule has 1 amide bonds. The number of carbonyl (C=O) groups excluding carboxylic acids is 1. The van der Waals surface area contributed by atoms with Gasteiger partial charge in [-0.15, -0.1) is 0 Å². The summed E-state index contributed by atoms with van der Waals surface area (Å²) in [5, 5.41) is 9.42. The van der Waals surface area contributed by atoms with Gasteiger partial charge in [-0.2, -0.15) is 0 Å². The van der Waals surface area contributed by atoms with Crippen molar-refractivity contribution in [2.75, 3.05) is 26.2 Å². The van der Waals surface area contributed by atoms with E-state index in [9.17, 15) is 4.79 Å². The van der Waals surface area contributed by atoms with E-state index < -0.39 is 5.72 Å². The van der Waals surface area contributed by atoms with E-state index in [0.717, 1.165) is 87.0 Å². The van der Waals surface area contributed by atoms with Crippen LogP contribution in [-0.2, 0) is 21.7 Å². The van der Waals surface area contributed by atoms with Crippen molar-refractivity contribution in [3.8, 4) is 16.2 Å². The smallest absolute Gasteiger partial charge is 0.252 e. The van der Waals surface area contributed by atoms with Gasteiger partial charge in [0, 0.05) is 77.5 Å². The number of nitrogens with zero attached hydrogens (tertiary/aromatic N) is 4. The molecule has 4 aromatic carbocycles. The molecule has 51 heavy (non-hydrogen) atoms. The van der Waals surface area contributed by atoms with Crippen LogP contribution in [0.1, 0.15) is 35.5 Å². The Balaban J connectivity index is 1.14. The Morgan fingerprint density at radius 1 is 1.00 bits per heavy atom. The monoisotopic (exact) mass is 694 g/mol. The lowest BCUT2D eigenvalue weighted by atomic mass is 9.92. The molecule has 2 bridgehead atoms. The van der Waals surface area contributed by atoms with Crippen LogP contribution in [0.25, 0.3) is 65.0 Å². The second-order valence-corrected chi connectivity index (χ2v) is 15.1. The van der Waals surface area contributed by atoms with Crippen molar-refractivity contribution in [2.45, 2.75) is 44.0 Å². The summed E-state index contributed by atoms with van der Waals surface area (Å²) in [6.45, 7) is 2.66. The average Bonchev–Trinajstić information content (AvgIpc) is 3.97. The van der Waals surface area contributed by atoms with Gasteiger partial charge in [0.15, 0.2) is 10.9 Å². The molecular weight excluding hydrogens is 661 g/mol. The third kappa shape index (κ3) is 3.62. The fourth-order valence-electron chi connectivity index (χ4n) is 9.52. The third-order valence-corrected chi connectivity index (χ3v) is 12.8. The van der Waals surface area contributed by atoms with E-state index in [2.05, 4.69) is 92.9 Å². The van der Waals surface area contributed by atoms with Crippen molar-refractivity contribution in [1.29, 1.82) is 0 Å². The molecule has 0 spiro atoms. The first-order chi connectivity index (χ1) is 24.9. The van der Waals surface area contributed by atoms with Crippen LogP contribution in [0, 0.1) is 0 Å². The Morgan fingerprint density at radius 3 is 2.59 bits per heavy atom. The lowest BCUT2D eigenvalue weighted by molar-refractivity contribution is -0.253. The number of benzene rings is 4. The van der Waals surface area contributed by atoms with Crippen LogP contribution in [0.3, 0.4) is 0 Å². The van der Waals surface area contributed by atoms with Gasteiger partial charge in [0.1, 0.15) is 18.1 Å². The molecule has 0 aliphatic carbocycles. The minimum Gasteiger partial charge on any atom is -0.497 e. The largest absolute Gasteiger partial charge is 0.497 e. The lowest BCUT2D eigenvalue weighted by Gasteiger charge is -2.50. The van der Waals surface area contributed by atoms with E-state index in [-0.39, 0.29) is 24.3 Å². The first-order valence-corrected chi connectivity index (χ1v) is 18.1. The number of amides is 1. The third-order valence-electron chi connectivity index (χ3n) is 11.6. The molecule has 10 nitrogen and oxygen atoms in total. The van der Waals surface area contributed by atoms with E-state index in [0.29, 0.717) is 13.0 Å². The van der Waals surface area contributed by atoms with Crippen LogP contribution in [0.15, 0.2) is 79.1 Å². The number of ether oxygens (including phenoxy) is 3.